The van der Waals surface area contributed by atoms with Crippen molar-refractivity contribution in [2.45, 2.75) is 6.42 Å². The molecule has 1 aromatic heterocycles. The molecule has 2 N–H and O–H groups in total. The second-order valence-corrected chi connectivity index (χ2v) is 4.14. The Balaban J connectivity index is 2.04. The molecule has 16 heavy (non-hydrogen) atoms. The van der Waals surface area contributed by atoms with Gasteiger partial charge in [0.15, 0.2) is 0 Å². The van der Waals surface area contributed by atoms with Crippen LogP contribution >= 0.6 is 0 Å². The van der Waals surface area contributed by atoms with Crippen LogP contribution in [0.1, 0.15) is 5.56 Å². The standard InChI is InChI=1S/C13H18N2O/c1-15(8-9-16)7-6-11-10-14-13-5-3-2-4-12(11)13/h2-5,10,14,16H,6-9H2,1H3. The van der Waals surface area contributed by atoms with Gasteiger partial charge >= 0.3 is 0 Å². The van der Waals surface area contributed by atoms with Crippen LogP contribution in [0.15, 0.2) is 30.5 Å². The molecule has 0 unspecified atom stereocenters. The summed E-state index contributed by atoms with van der Waals surface area (Å²) in [5.74, 6) is 0. The van der Waals surface area contributed by atoms with E-state index in [0.29, 0.717) is 0 Å². The molecule has 2 rings (SSSR count). The van der Waals surface area contributed by atoms with E-state index in [1.807, 2.05) is 13.1 Å². The second-order valence-electron chi connectivity index (χ2n) is 4.14. The highest BCUT2D eigenvalue weighted by Gasteiger charge is 2.04. The highest BCUT2D eigenvalue weighted by atomic mass is 16.3. The zero-order valence-corrected chi connectivity index (χ0v) is 9.61. The largest absolute Gasteiger partial charge is 0.395 e. The van der Waals surface area contributed by atoms with E-state index in [1.165, 1.54) is 16.5 Å². The Bertz CT molecular complexity index is 450. The van der Waals surface area contributed by atoms with E-state index >= 15 is 0 Å². The number of nitrogens with zero attached hydrogens (tertiary/aromatic N) is 1. The van der Waals surface area contributed by atoms with Crippen molar-refractivity contribution in [3.63, 3.8) is 0 Å². The first-order chi connectivity index (χ1) is 7.81. The number of aromatic nitrogens is 1. The lowest BCUT2D eigenvalue weighted by molar-refractivity contribution is 0.223. The summed E-state index contributed by atoms with van der Waals surface area (Å²) >= 11 is 0. The summed E-state index contributed by atoms with van der Waals surface area (Å²) in [4.78, 5) is 5.42. The van der Waals surface area contributed by atoms with Gasteiger partial charge in [0, 0.05) is 30.2 Å². The minimum Gasteiger partial charge on any atom is -0.395 e. The molecule has 1 heterocycles. The number of aromatic amines is 1. The SMILES string of the molecule is CN(CCO)CCc1c[nH]c2ccccc12. The maximum atomic E-state index is 8.82. The molecule has 0 aliphatic carbocycles. The van der Waals surface area contributed by atoms with Crippen molar-refractivity contribution in [1.82, 2.24) is 9.88 Å². The predicted octanol–water partition coefficient (Wildman–Crippen LogP) is 1.63. The summed E-state index contributed by atoms with van der Waals surface area (Å²) in [5.41, 5.74) is 2.54. The van der Waals surface area contributed by atoms with Crippen LogP contribution in [-0.2, 0) is 6.42 Å². The number of aliphatic hydroxyl groups excluding tert-OH is 1. The van der Waals surface area contributed by atoms with Gasteiger partial charge in [-0.05, 0) is 25.1 Å². The van der Waals surface area contributed by atoms with Gasteiger partial charge in [-0.3, -0.25) is 0 Å². The number of hydrogen-bond donors (Lipinski definition) is 2. The number of fused-ring (bicyclic) bond motifs is 1. The Kier molecular flexibility index (Phi) is 3.59. The van der Waals surface area contributed by atoms with Crippen LogP contribution in [0.4, 0.5) is 0 Å². The van der Waals surface area contributed by atoms with Crippen LogP contribution in [0.5, 0.6) is 0 Å². The van der Waals surface area contributed by atoms with E-state index in [-0.39, 0.29) is 6.61 Å². The lowest BCUT2D eigenvalue weighted by Crippen LogP contribution is -2.24. The molecule has 0 aliphatic heterocycles. The third-order valence-corrected chi connectivity index (χ3v) is 2.92. The van der Waals surface area contributed by atoms with Crippen LogP contribution in [0.3, 0.4) is 0 Å². The molecular weight excluding hydrogens is 200 g/mol. The van der Waals surface area contributed by atoms with E-state index in [1.54, 1.807) is 0 Å². The number of H-pyrrole nitrogens is 1. The van der Waals surface area contributed by atoms with Gasteiger partial charge in [0.1, 0.15) is 0 Å². The average Bonchev–Trinajstić information content (AvgIpc) is 2.70. The third kappa shape index (κ3) is 2.43. The third-order valence-electron chi connectivity index (χ3n) is 2.92. The van der Waals surface area contributed by atoms with Gasteiger partial charge in [-0.2, -0.15) is 0 Å². The number of aliphatic hydroxyl groups is 1. The number of benzene rings is 1. The quantitative estimate of drug-likeness (QED) is 0.800. The maximum Gasteiger partial charge on any atom is 0.0558 e. The summed E-state index contributed by atoms with van der Waals surface area (Å²) < 4.78 is 0. The molecule has 0 atom stereocenters. The summed E-state index contributed by atoms with van der Waals surface area (Å²) in [6, 6.07) is 8.35. The minimum absolute atomic E-state index is 0.227. The van der Waals surface area contributed by atoms with Crippen LogP contribution in [-0.4, -0.2) is 41.7 Å². The predicted molar refractivity (Wildman–Crippen MR) is 66.6 cm³/mol. The van der Waals surface area contributed by atoms with Crippen LogP contribution < -0.4 is 0 Å². The molecule has 0 saturated carbocycles. The Labute approximate surface area is 95.7 Å². The van der Waals surface area contributed by atoms with E-state index < -0.39 is 0 Å². The molecule has 0 bridgehead atoms. The number of para-hydroxylation sites is 1. The average molecular weight is 218 g/mol. The lowest BCUT2D eigenvalue weighted by atomic mass is 10.1. The zero-order chi connectivity index (χ0) is 11.4. The minimum atomic E-state index is 0.227. The monoisotopic (exact) mass is 218 g/mol. The maximum absolute atomic E-state index is 8.82. The van der Waals surface area contributed by atoms with E-state index in [4.69, 9.17) is 5.11 Å². The number of hydrogen-bond acceptors (Lipinski definition) is 2. The van der Waals surface area contributed by atoms with Crippen molar-refractivity contribution in [3.05, 3.63) is 36.0 Å². The molecule has 0 amide bonds. The molecule has 0 fully saturated rings. The first kappa shape index (κ1) is 11.2. The highest BCUT2D eigenvalue weighted by molar-refractivity contribution is 5.83. The fraction of sp³-hybridized carbons (Fsp3) is 0.385. The van der Waals surface area contributed by atoms with E-state index in [0.717, 1.165) is 19.5 Å². The van der Waals surface area contributed by atoms with Crippen molar-refractivity contribution in [2.75, 3.05) is 26.7 Å². The number of likely N-dealkylation sites (N-methyl/N-ethyl adjacent to an activating group) is 1. The molecule has 3 heteroatoms. The molecule has 0 aliphatic rings. The smallest absolute Gasteiger partial charge is 0.0558 e. The Morgan fingerprint density at radius 3 is 2.88 bits per heavy atom. The summed E-state index contributed by atoms with van der Waals surface area (Å²) in [6.45, 7) is 1.94. The van der Waals surface area contributed by atoms with Gasteiger partial charge in [-0.1, -0.05) is 18.2 Å². The first-order valence-electron chi connectivity index (χ1n) is 5.65. The molecule has 86 valence electrons. The Hall–Kier alpha value is -1.32. The van der Waals surface area contributed by atoms with Gasteiger partial charge < -0.3 is 15.0 Å². The molecule has 3 nitrogen and oxygen atoms in total. The van der Waals surface area contributed by atoms with E-state index in [9.17, 15) is 0 Å². The highest BCUT2D eigenvalue weighted by Crippen LogP contribution is 2.17. The topological polar surface area (TPSA) is 39.3 Å². The summed E-state index contributed by atoms with van der Waals surface area (Å²) in [6.07, 6.45) is 3.10. The van der Waals surface area contributed by atoms with E-state index in [2.05, 4.69) is 34.3 Å². The number of nitrogens with one attached hydrogen (secondary N) is 1. The zero-order valence-electron chi connectivity index (χ0n) is 9.61. The van der Waals surface area contributed by atoms with Gasteiger partial charge in [0.2, 0.25) is 0 Å². The normalized spacial score (nSPS) is 11.4. The molecule has 1 aromatic carbocycles. The molecule has 0 spiro atoms. The van der Waals surface area contributed by atoms with Crippen molar-refractivity contribution in [3.8, 4) is 0 Å². The second kappa shape index (κ2) is 5.14. The molecule has 0 saturated heterocycles. The first-order valence-corrected chi connectivity index (χ1v) is 5.65. The van der Waals surface area contributed by atoms with Crippen LogP contribution in [0, 0.1) is 0 Å². The summed E-state index contributed by atoms with van der Waals surface area (Å²) in [7, 11) is 2.03. The molecular formula is C13H18N2O. The lowest BCUT2D eigenvalue weighted by Gasteiger charge is -2.14. The Morgan fingerprint density at radius 2 is 2.06 bits per heavy atom. The van der Waals surface area contributed by atoms with Crippen molar-refractivity contribution >= 4 is 10.9 Å². The Morgan fingerprint density at radius 1 is 1.25 bits per heavy atom. The number of rotatable bonds is 5. The van der Waals surface area contributed by atoms with Crippen molar-refractivity contribution < 1.29 is 5.11 Å². The van der Waals surface area contributed by atoms with Crippen LogP contribution in [0.2, 0.25) is 0 Å². The van der Waals surface area contributed by atoms with Gasteiger partial charge in [-0.25, -0.2) is 0 Å². The van der Waals surface area contributed by atoms with Crippen LogP contribution in [0.25, 0.3) is 10.9 Å². The van der Waals surface area contributed by atoms with Crippen molar-refractivity contribution in [1.29, 1.82) is 0 Å². The molecule has 0 radical (unpaired) electrons. The fourth-order valence-electron chi connectivity index (χ4n) is 1.93. The van der Waals surface area contributed by atoms with Gasteiger partial charge in [0.25, 0.3) is 0 Å². The summed E-state index contributed by atoms with van der Waals surface area (Å²) in [5, 5.41) is 10.1. The van der Waals surface area contributed by atoms with Gasteiger partial charge in [0.05, 0.1) is 6.61 Å². The molecule has 2 aromatic rings. The van der Waals surface area contributed by atoms with Crippen molar-refractivity contribution in [2.24, 2.45) is 0 Å². The van der Waals surface area contributed by atoms with Gasteiger partial charge in [-0.15, -0.1) is 0 Å². The fourth-order valence-corrected chi connectivity index (χ4v) is 1.93.